The molecule has 2 fully saturated rings. The number of fused-ring (bicyclic) bond motifs is 4. The number of hydrogen-bond acceptors (Lipinski definition) is 5. The van der Waals surface area contributed by atoms with E-state index in [0.717, 1.165) is 12.0 Å². The van der Waals surface area contributed by atoms with Crippen molar-refractivity contribution in [1.29, 1.82) is 0 Å². The zero-order chi connectivity index (χ0) is 20.9. The van der Waals surface area contributed by atoms with Gasteiger partial charge in [0.05, 0.1) is 11.8 Å². The first-order valence-corrected chi connectivity index (χ1v) is 10.2. The maximum Gasteiger partial charge on any atom is 0.250 e. The van der Waals surface area contributed by atoms with Gasteiger partial charge in [-0.25, -0.2) is 0 Å². The van der Waals surface area contributed by atoms with Gasteiger partial charge in [0.2, 0.25) is 23.6 Å². The zero-order valence-corrected chi connectivity index (χ0v) is 16.7. The number of likely N-dealkylation sites (tertiary alicyclic amines) is 1. The molecule has 4 N–H and O–H groups in total. The molecule has 1 spiro atoms. The monoisotopic (exact) mass is 398 g/mol. The third kappa shape index (κ3) is 2.69. The first-order valence-electron chi connectivity index (χ1n) is 10.2. The highest BCUT2D eigenvalue weighted by Gasteiger charge is 2.70. The lowest BCUT2D eigenvalue weighted by atomic mass is 9.76. The van der Waals surface area contributed by atoms with Gasteiger partial charge in [0, 0.05) is 30.3 Å². The molecular formula is C21H26N4O4. The number of aryl methyl sites for hydroxylation is 1. The zero-order valence-electron chi connectivity index (χ0n) is 16.7. The summed E-state index contributed by atoms with van der Waals surface area (Å²) in [6.45, 7) is 4.24. The molecule has 3 heterocycles. The van der Waals surface area contributed by atoms with Crippen LogP contribution in [0.2, 0.25) is 0 Å². The van der Waals surface area contributed by atoms with Gasteiger partial charge in [-0.2, -0.15) is 0 Å². The first kappa shape index (κ1) is 19.6. The molecule has 4 amide bonds. The van der Waals surface area contributed by atoms with Crippen LogP contribution >= 0.6 is 0 Å². The van der Waals surface area contributed by atoms with Gasteiger partial charge in [-0.3, -0.25) is 29.4 Å². The van der Waals surface area contributed by atoms with Crippen molar-refractivity contribution in [2.45, 2.75) is 51.1 Å². The lowest BCUT2D eigenvalue weighted by molar-refractivity contribution is -0.143. The minimum atomic E-state index is -1.30. The summed E-state index contributed by atoms with van der Waals surface area (Å²) in [6, 6.07) is 5.09. The number of rotatable bonds is 6. The van der Waals surface area contributed by atoms with Crippen molar-refractivity contribution in [3.05, 3.63) is 29.3 Å². The Hall–Kier alpha value is -2.74. The van der Waals surface area contributed by atoms with E-state index in [1.165, 1.54) is 4.90 Å². The maximum atomic E-state index is 13.4. The predicted octanol–water partition coefficient (Wildman–Crippen LogP) is 0.781. The van der Waals surface area contributed by atoms with Gasteiger partial charge < -0.3 is 11.1 Å². The van der Waals surface area contributed by atoms with Crippen LogP contribution in [-0.4, -0.2) is 41.1 Å². The molecule has 0 saturated carbocycles. The van der Waals surface area contributed by atoms with Crippen molar-refractivity contribution < 1.29 is 19.2 Å². The SMILES string of the molecule is CCCCN1C(=O)C2C(CCC(N)=O)NC3(C(=O)Nc4c(C)cccc43)C2C1=O. The number of hydrogen-bond donors (Lipinski definition) is 3. The average molecular weight is 398 g/mol. The Balaban J connectivity index is 1.81. The number of nitrogens with zero attached hydrogens (tertiary/aromatic N) is 1. The molecule has 0 aromatic heterocycles. The van der Waals surface area contributed by atoms with Crippen molar-refractivity contribution in [1.82, 2.24) is 10.2 Å². The molecule has 8 nitrogen and oxygen atoms in total. The van der Waals surface area contributed by atoms with E-state index in [1.807, 2.05) is 32.0 Å². The van der Waals surface area contributed by atoms with E-state index in [9.17, 15) is 19.2 Å². The van der Waals surface area contributed by atoms with Crippen LogP contribution in [0.15, 0.2) is 18.2 Å². The number of unbranched alkanes of at least 4 members (excludes halogenated alkanes) is 1. The molecule has 154 valence electrons. The number of anilines is 1. The summed E-state index contributed by atoms with van der Waals surface area (Å²) in [5.74, 6) is -2.88. The molecule has 2 saturated heterocycles. The number of primary amides is 1. The van der Waals surface area contributed by atoms with Crippen molar-refractivity contribution in [2.24, 2.45) is 17.6 Å². The molecule has 3 aliphatic heterocycles. The van der Waals surface area contributed by atoms with Crippen molar-refractivity contribution in [3.63, 3.8) is 0 Å². The number of para-hydroxylation sites is 1. The smallest absolute Gasteiger partial charge is 0.250 e. The molecule has 29 heavy (non-hydrogen) atoms. The Labute approximate surface area is 169 Å². The second kappa shape index (κ2) is 6.95. The van der Waals surface area contributed by atoms with Gasteiger partial charge in [-0.15, -0.1) is 0 Å². The molecule has 4 unspecified atom stereocenters. The fourth-order valence-corrected chi connectivity index (χ4v) is 5.12. The van der Waals surface area contributed by atoms with Gasteiger partial charge in [-0.1, -0.05) is 31.5 Å². The van der Waals surface area contributed by atoms with E-state index in [1.54, 1.807) is 0 Å². The van der Waals surface area contributed by atoms with Crippen molar-refractivity contribution >= 4 is 29.3 Å². The van der Waals surface area contributed by atoms with Crippen LogP contribution in [0.4, 0.5) is 5.69 Å². The van der Waals surface area contributed by atoms with Crippen LogP contribution in [0.25, 0.3) is 0 Å². The second-order valence-electron chi connectivity index (χ2n) is 8.20. The van der Waals surface area contributed by atoms with E-state index in [-0.39, 0.29) is 24.1 Å². The van der Waals surface area contributed by atoms with Gasteiger partial charge in [0.1, 0.15) is 5.54 Å². The highest BCUT2D eigenvalue weighted by molar-refractivity contribution is 6.15. The van der Waals surface area contributed by atoms with Gasteiger partial charge >= 0.3 is 0 Å². The topological polar surface area (TPSA) is 122 Å². The minimum absolute atomic E-state index is 0.0791. The Morgan fingerprint density at radius 1 is 1.24 bits per heavy atom. The number of carbonyl (C=O) groups is 4. The molecule has 8 heteroatoms. The normalized spacial score (nSPS) is 30.1. The Kier molecular flexibility index (Phi) is 4.69. The van der Waals surface area contributed by atoms with Crippen LogP contribution < -0.4 is 16.4 Å². The average Bonchev–Trinajstić information content (AvgIpc) is 3.25. The molecule has 1 aromatic rings. The van der Waals surface area contributed by atoms with Crippen LogP contribution in [0.3, 0.4) is 0 Å². The van der Waals surface area contributed by atoms with E-state index >= 15 is 0 Å². The molecule has 1 aromatic carbocycles. The van der Waals surface area contributed by atoms with Crippen molar-refractivity contribution in [3.8, 4) is 0 Å². The summed E-state index contributed by atoms with van der Waals surface area (Å²) >= 11 is 0. The molecule has 4 atom stereocenters. The standard InChI is InChI=1S/C21H26N4O4/c1-3-4-10-25-18(27)15-13(8-9-14(22)26)24-21(16(15)19(25)28)12-7-5-6-11(2)17(12)23-20(21)29/h5-7,13,15-16,24H,3-4,8-10H2,1-2H3,(H2,22,26)(H,23,29). The minimum Gasteiger partial charge on any atom is -0.370 e. The summed E-state index contributed by atoms with van der Waals surface area (Å²) < 4.78 is 0. The molecule has 4 rings (SSSR count). The van der Waals surface area contributed by atoms with Crippen molar-refractivity contribution in [2.75, 3.05) is 11.9 Å². The van der Waals surface area contributed by atoms with Crippen LogP contribution in [0.5, 0.6) is 0 Å². The summed E-state index contributed by atoms with van der Waals surface area (Å²) in [5, 5.41) is 6.22. The highest BCUT2D eigenvalue weighted by Crippen LogP contribution is 2.53. The summed E-state index contributed by atoms with van der Waals surface area (Å²) in [7, 11) is 0. The summed E-state index contributed by atoms with van der Waals surface area (Å²) in [6.07, 6.45) is 1.94. The lowest BCUT2D eigenvalue weighted by Crippen LogP contribution is -2.53. The largest absolute Gasteiger partial charge is 0.370 e. The maximum absolute atomic E-state index is 13.4. The number of carbonyl (C=O) groups excluding carboxylic acids is 4. The van der Waals surface area contributed by atoms with Gasteiger partial charge in [0.15, 0.2) is 0 Å². The fraction of sp³-hybridized carbons (Fsp3) is 0.524. The van der Waals surface area contributed by atoms with E-state index in [0.29, 0.717) is 30.6 Å². The number of imide groups is 1. The van der Waals surface area contributed by atoms with Gasteiger partial charge in [0.25, 0.3) is 0 Å². The summed E-state index contributed by atoms with van der Waals surface area (Å²) in [5.41, 5.74) is 6.29. The number of benzene rings is 1. The quantitative estimate of drug-likeness (QED) is 0.612. The number of nitrogens with two attached hydrogens (primary N) is 1. The molecule has 3 aliphatic rings. The Morgan fingerprint density at radius 3 is 2.69 bits per heavy atom. The molecule has 0 bridgehead atoms. The fourth-order valence-electron chi connectivity index (χ4n) is 5.12. The molecule has 0 aliphatic carbocycles. The second-order valence-corrected chi connectivity index (χ2v) is 8.20. The van der Waals surface area contributed by atoms with Crippen LogP contribution in [-0.2, 0) is 24.7 Å². The lowest BCUT2D eigenvalue weighted by Gasteiger charge is -2.29. The third-order valence-corrected chi connectivity index (χ3v) is 6.49. The first-order chi connectivity index (χ1) is 13.8. The van der Waals surface area contributed by atoms with Gasteiger partial charge in [-0.05, 0) is 25.3 Å². The van der Waals surface area contributed by atoms with E-state index in [2.05, 4.69) is 10.6 Å². The number of amides is 4. The van der Waals surface area contributed by atoms with E-state index in [4.69, 9.17) is 5.73 Å². The van der Waals surface area contributed by atoms with E-state index < -0.39 is 29.3 Å². The Morgan fingerprint density at radius 2 is 2.00 bits per heavy atom. The molecular weight excluding hydrogens is 372 g/mol. The summed E-state index contributed by atoms with van der Waals surface area (Å²) in [4.78, 5) is 52.5. The highest BCUT2D eigenvalue weighted by atomic mass is 16.2. The predicted molar refractivity (Wildman–Crippen MR) is 105 cm³/mol. The molecule has 0 radical (unpaired) electrons. The Bertz CT molecular complexity index is 914. The van der Waals surface area contributed by atoms with Crippen LogP contribution in [0, 0.1) is 18.8 Å². The third-order valence-electron chi connectivity index (χ3n) is 6.49. The van der Waals surface area contributed by atoms with Crippen LogP contribution in [0.1, 0.15) is 43.7 Å². The number of nitrogens with one attached hydrogen (secondary N) is 2.